The number of nitrogens with one attached hydrogen (secondary N) is 1. The number of ether oxygens (including phenoxy) is 2. The number of nitrogens with zero attached hydrogens (tertiary/aromatic N) is 8. The molecule has 0 bridgehead atoms. The Labute approximate surface area is 450 Å². The summed E-state index contributed by atoms with van der Waals surface area (Å²) in [5.74, 6) is -0.312. The Morgan fingerprint density at radius 2 is 1.36 bits per heavy atom. The van der Waals surface area contributed by atoms with Gasteiger partial charge >= 0.3 is 5.97 Å². The van der Waals surface area contributed by atoms with E-state index >= 15 is 0 Å². The third-order valence-corrected chi connectivity index (χ3v) is 12.7. The molecule has 0 saturated heterocycles. The number of carboxylic acid groups (broad SMARTS) is 1. The first-order valence-electron chi connectivity index (χ1n) is 20.8. The minimum Gasteiger partial charge on any atom is -0.478 e. The van der Waals surface area contributed by atoms with Crippen molar-refractivity contribution in [3.05, 3.63) is 136 Å². The standard InChI is InChI=1S/C21H18ClN5O4S.C14H14ClN3O3.C7H6N2O2S.CH3I.BH.U/c1-21(8-9-21)13-31-18-7-10-27(25-18)17-6-5-16(19(22)24-17)20(28)26-32(29,30)15-4-2-3-14(11-15)12-23;1-14(5-6-14)8-21-11-4-7-18(17-11)10-3-2-9(13(19)20)12(15)16-10;1-9-6-3-2-4-7(5-6)12(8,10)11;1-2;;/h2-7,10-11H,8-9,13H2,1H3,(H,26,28);2-4,7H,5-6,8H2,1H3,(H,19,20);2-5H,(H2,8,10,11);1H3;1H;/i;;;2*1D;. The Balaban J connectivity index is 0.000000293. The summed E-state index contributed by atoms with van der Waals surface area (Å²) in [5.41, 5.74) is 0.761. The number of aromatic nitrogens is 6. The molecule has 0 unspecified atom stereocenters. The van der Waals surface area contributed by atoms with Crippen molar-refractivity contribution >= 4 is 91.8 Å². The molecule has 2 aromatic carbocycles. The topological polar surface area (TPSA) is 269 Å². The van der Waals surface area contributed by atoms with Crippen LogP contribution in [0.15, 0.2) is 107 Å². The number of benzene rings is 2. The van der Waals surface area contributed by atoms with Gasteiger partial charge in [0.15, 0.2) is 17.3 Å². The van der Waals surface area contributed by atoms with Gasteiger partial charge in [-0.1, -0.05) is 77.8 Å². The fourth-order valence-electron chi connectivity index (χ4n) is 5.37. The molecule has 4 aromatic heterocycles. The number of nitriles is 1. The molecule has 69 heavy (non-hydrogen) atoms. The van der Waals surface area contributed by atoms with Gasteiger partial charge in [0.1, 0.15) is 10.3 Å². The minimum absolute atomic E-state index is 0. The summed E-state index contributed by atoms with van der Waals surface area (Å²) in [6, 6.07) is 22.0. The van der Waals surface area contributed by atoms with Gasteiger partial charge in [-0.15, -0.1) is 10.2 Å². The second kappa shape index (κ2) is 25.2. The van der Waals surface area contributed by atoms with E-state index in [1.165, 1.54) is 88.9 Å². The number of amides is 1. The van der Waals surface area contributed by atoms with Gasteiger partial charge in [0.05, 0.1) is 52.3 Å². The summed E-state index contributed by atoms with van der Waals surface area (Å²) in [7, 11) is -4.13. The van der Waals surface area contributed by atoms with Crippen LogP contribution in [-0.2, 0) is 20.0 Å². The van der Waals surface area contributed by atoms with Crippen LogP contribution in [-0.4, -0.2) is 91.2 Å². The van der Waals surface area contributed by atoms with Crippen molar-refractivity contribution in [2.45, 2.75) is 49.3 Å². The monoisotopic (exact) mass is 1350 g/mol. The van der Waals surface area contributed by atoms with Crippen molar-refractivity contribution in [3.63, 3.8) is 0 Å². The molecule has 26 heteroatoms. The Bertz CT molecular complexity index is 3140. The first kappa shape index (κ1) is 54.9. The van der Waals surface area contributed by atoms with Gasteiger partial charge in [0.2, 0.25) is 21.8 Å². The second-order valence-electron chi connectivity index (χ2n) is 15.4. The maximum atomic E-state index is 12.5. The maximum absolute atomic E-state index is 12.5. The van der Waals surface area contributed by atoms with E-state index in [-0.39, 0.29) is 84.4 Å². The number of hydrogen-bond donors (Lipinski definition) is 3. The summed E-state index contributed by atoms with van der Waals surface area (Å²) in [4.78, 5) is 34.9. The average molecular weight is 1360 g/mol. The number of carbonyl (C=O) groups excluding carboxylic acids is 1. The molecule has 0 spiro atoms. The summed E-state index contributed by atoms with van der Waals surface area (Å²) < 4.78 is 74.2. The molecule has 4 heterocycles. The minimum atomic E-state index is -4.20. The molecule has 358 valence electrons. The summed E-state index contributed by atoms with van der Waals surface area (Å²) in [6.07, 6.45) is 7.98. The summed E-state index contributed by atoms with van der Waals surface area (Å²) in [6.45, 7) is 12.2. The van der Waals surface area contributed by atoms with Crippen molar-refractivity contribution in [1.82, 2.24) is 34.3 Å². The molecule has 4 N–H and O–H groups in total. The van der Waals surface area contributed by atoms with Crippen LogP contribution in [0.5, 0.6) is 11.8 Å². The van der Waals surface area contributed by atoms with Crippen molar-refractivity contribution in [2.75, 3.05) is 18.1 Å². The third-order valence-electron chi connectivity index (χ3n) is 9.86. The number of hydrogen-bond acceptors (Lipinski definition) is 13. The molecule has 2 aliphatic carbocycles. The van der Waals surface area contributed by atoms with Gasteiger partial charge in [-0.05, 0) is 86.5 Å². The quantitative estimate of drug-likeness (QED) is 0.0340. The van der Waals surface area contributed by atoms with Crippen LogP contribution in [0.1, 0.15) is 67.2 Å². The van der Waals surface area contributed by atoms with Crippen LogP contribution in [0.25, 0.3) is 16.5 Å². The van der Waals surface area contributed by atoms with Gasteiger partial charge in [0, 0.05) is 76.2 Å². The van der Waals surface area contributed by atoms with E-state index in [0.717, 1.165) is 12.8 Å². The third kappa shape index (κ3) is 16.8. The van der Waals surface area contributed by atoms with Crippen LogP contribution in [0.2, 0.25) is 10.3 Å². The summed E-state index contributed by atoms with van der Waals surface area (Å²) in [5, 5.41) is 31.0. The van der Waals surface area contributed by atoms with E-state index in [0.29, 0.717) is 41.5 Å². The van der Waals surface area contributed by atoms with Gasteiger partial charge in [-0.2, -0.15) is 5.26 Å². The molecule has 19 nitrogen and oxygen atoms in total. The van der Waals surface area contributed by atoms with Crippen molar-refractivity contribution in [3.8, 4) is 29.5 Å². The van der Waals surface area contributed by atoms with Crippen molar-refractivity contribution in [2.24, 2.45) is 16.0 Å². The van der Waals surface area contributed by atoms with Gasteiger partial charge in [0.25, 0.3) is 15.9 Å². The fourth-order valence-corrected chi connectivity index (χ4v) is 7.40. The van der Waals surface area contributed by atoms with Crippen LogP contribution in [0.4, 0.5) is 5.69 Å². The second-order valence-corrected chi connectivity index (χ2v) is 19.4. The smallest absolute Gasteiger partial charge is 0.338 e. The predicted octanol–water partition coefficient (Wildman–Crippen LogP) is 7.18. The van der Waals surface area contributed by atoms with Crippen LogP contribution < -0.4 is 19.3 Å². The first-order valence-corrected chi connectivity index (χ1v) is 24.8. The molecule has 1 amide bonds. The van der Waals surface area contributed by atoms with E-state index in [1.807, 2.05) is 33.4 Å². The van der Waals surface area contributed by atoms with Crippen molar-refractivity contribution in [1.29, 1.82) is 6.60 Å². The molecule has 0 aliphatic heterocycles. The number of carbonyl (C=O) groups is 2. The number of carboxylic acids is 1. The van der Waals surface area contributed by atoms with E-state index in [9.17, 15) is 26.4 Å². The Morgan fingerprint density at radius 1 is 0.884 bits per heavy atom. The van der Waals surface area contributed by atoms with Gasteiger partial charge in [-0.25, -0.2) is 55.7 Å². The Morgan fingerprint density at radius 3 is 1.80 bits per heavy atom. The number of halogens is 3. The molecule has 2 saturated carbocycles. The average Bonchev–Trinajstić information content (AvgIpc) is 4.10. The van der Waals surface area contributed by atoms with Gasteiger partial charge < -0.3 is 14.6 Å². The number of alkyl halides is 1. The molecular formula is C43H42BCl2IN10O9S2U. The number of rotatable bonds is 13. The van der Waals surface area contributed by atoms with E-state index in [4.69, 9.17) is 57.5 Å². The molecule has 0 atom stereocenters. The van der Waals surface area contributed by atoms with Crippen molar-refractivity contribution < 1.29 is 73.5 Å². The number of aromatic carboxylic acids is 1. The van der Waals surface area contributed by atoms with Crippen LogP contribution >= 0.6 is 45.8 Å². The van der Waals surface area contributed by atoms with E-state index in [1.54, 1.807) is 30.6 Å². The number of nitrogens with two attached hydrogens (primary N) is 1. The zero-order valence-corrected chi connectivity index (χ0v) is 46.0. The fraction of sp³-hybridized carbons (Fsp3) is 0.256. The molecule has 2 aliphatic rings. The molecule has 6 aromatic rings. The molecule has 8 rings (SSSR count). The van der Waals surface area contributed by atoms with E-state index in [2.05, 4.69) is 47.2 Å². The normalized spacial score (nSPS) is 13.7. The van der Waals surface area contributed by atoms with Crippen LogP contribution in [0.3, 0.4) is 0 Å². The Hall–Kier alpha value is -5.03. The zero-order chi connectivity index (χ0) is 51.9. The number of primary sulfonamides is 1. The SMILES string of the molecule is CC1(COc2ccn(-c3ccc(C(=O)NS(=O)(=O)c4cccc(C#N)c4)c(Cl)n3)n2)CC1.CC1(COc2ccn(-c3ccc(C(=O)O)c(Cl)n3)n2)CC1.[2H]CI.[2H][B].[C-]#[N+]c1cccc(S(N)(=O)=O)c1.[U]. The summed E-state index contributed by atoms with van der Waals surface area (Å²) >= 11 is 14.0. The maximum Gasteiger partial charge on any atom is 0.338 e. The predicted molar refractivity (Wildman–Crippen MR) is 262 cm³/mol. The van der Waals surface area contributed by atoms with E-state index < -0.39 is 31.9 Å². The molecular weight excluding hydrogens is 1310 g/mol. The zero-order valence-electron chi connectivity index (χ0n) is 38.6. The molecule has 2 fully saturated rings. The number of sulfonamides is 2. The molecule has 2 radical (unpaired) electrons. The largest absolute Gasteiger partial charge is 0.478 e. The Kier molecular flexibility index (Phi) is 20.0. The first-order chi connectivity index (χ1) is 33.1. The van der Waals surface area contributed by atoms with Crippen LogP contribution in [0, 0.1) is 59.8 Å². The number of pyridine rings is 2. The van der Waals surface area contributed by atoms with Gasteiger partial charge in [-0.3, -0.25) is 4.79 Å².